The van der Waals surface area contributed by atoms with Gasteiger partial charge in [0.05, 0.1) is 5.76 Å². The Balaban J connectivity index is 3.39. The lowest BCUT2D eigenvalue weighted by Crippen LogP contribution is -1.97. The van der Waals surface area contributed by atoms with E-state index < -0.39 is 0 Å². The summed E-state index contributed by atoms with van der Waals surface area (Å²) < 4.78 is 5.32. The van der Waals surface area contributed by atoms with Crippen LogP contribution in [0.3, 0.4) is 0 Å². The molecule has 0 aliphatic heterocycles. The molecule has 0 spiro atoms. The van der Waals surface area contributed by atoms with Crippen LogP contribution in [-0.4, -0.2) is 6.61 Å². The molecule has 0 atom stereocenters. The summed E-state index contributed by atoms with van der Waals surface area (Å²) in [7, 11) is 0. The minimum Gasteiger partial charge on any atom is -0.494 e. The molecule has 0 saturated carbocycles. The average molecular weight is 154 g/mol. The number of ether oxygens (including phenoxy) is 1. The number of rotatable bonds is 5. The first-order chi connectivity index (χ1) is 5.18. The second-order valence-corrected chi connectivity index (χ2v) is 2.81. The molecular formula is C10H18O. The van der Waals surface area contributed by atoms with Crippen molar-refractivity contribution in [3.05, 3.63) is 24.5 Å². The van der Waals surface area contributed by atoms with Gasteiger partial charge in [-0.05, 0) is 6.42 Å². The highest BCUT2D eigenvalue weighted by atomic mass is 16.5. The molecule has 0 heterocycles. The fourth-order valence-electron chi connectivity index (χ4n) is 0.557. The van der Waals surface area contributed by atoms with Crippen LogP contribution >= 0.6 is 0 Å². The molecule has 0 aliphatic carbocycles. The largest absolute Gasteiger partial charge is 0.494 e. The lowest BCUT2D eigenvalue weighted by Gasteiger charge is -2.09. The van der Waals surface area contributed by atoms with Crippen LogP contribution in [-0.2, 0) is 4.74 Å². The van der Waals surface area contributed by atoms with Crippen LogP contribution < -0.4 is 0 Å². The third-order valence-corrected chi connectivity index (χ3v) is 1.41. The van der Waals surface area contributed by atoms with Crippen molar-refractivity contribution in [2.24, 2.45) is 5.92 Å². The number of hydrogen-bond acceptors (Lipinski definition) is 1. The van der Waals surface area contributed by atoms with Gasteiger partial charge in [-0.25, -0.2) is 0 Å². The number of allylic oxidation sites excluding steroid dienone is 2. The predicted octanol–water partition coefficient (Wildman–Crippen LogP) is 3.14. The molecule has 0 bridgehead atoms. The molecule has 0 N–H and O–H groups in total. The minimum absolute atomic E-state index is 0.421. The van der Waals surface area contributed by atoms with Crippen molar-refractivity contribution in [3.8, 4) is 0 Å². The van der Waals surface area contributed by atoms with Crippen LogP contribution in [0.4, 0.5) is 0 Å². The van der Waals surface area contributed by atoms with E-state index in [-0.39, 0.29) is 0 Å². The second-order valence-electron chi connectivity index (χ2n) is 2.81. The normalized spacial score (nSPS) is 10.9. The van der Waals surface area contributed by atoms with E-state index in [0.29, 0.717) is 12.5 Å². The van der Waals surface area contributed by atoms with Gasteiger partial charge in [-0.15, -0.1) is 0 Å². The highest BCUT2D eigenvalue weighted by Crippen LogP contribution is 2.07. The molecule has 0 saturated heterocycles. The zero-order valence-electron chi connectivity index (χ0n) is 7.76. The maximum absolute atomic E-state index is 5.32. The highest BCUT2D eigenvalue weighted by Gasteiger charge is 1.97. The van der Waals surface area contributed by atoms with Crippen LogP contribution in [0, 0.1) is 5.92 Å². The van der Waals surface area contributed by atoms with E-state index in [1.54, 1.807) is 0 Å². The van der Waals surface area contributed by atoms with Gasteiger partial charge in [-0.2, -0.15) is 0 Å². The predicted molar refractivity (Wildman–Crippen MR) is 49.4 cm³/mol. The molecule has 0 amide bonds. The second kappa shape index (κ2) is 6.02. The first-order valence-electron chi connectivity index (χ1n) is 4.15. The Morgan fingerprint density at radius 3 is 2.55 bits per heavy atom. The average Bonchev–Trinajstić information content (AvgIpc) is 1.97. The van der Waals surface area contributed by atoms with Crippen LogP contribution in [0.15, 0.2) is 24.5 Å². The topological polar surface area (TPSA) is 9.23 Å². The van der Waals surface area contributed by atoms with Crippen LogP contribution in [0.2, 0.25) is 0 Å². The monoisotopic (exact) mass is 154 g/mol. The summed E-state index contributed by atoms with van der Waals surface area (Å²) >= 11 is 0. The van der Waals surface area contributed by atoms with Gasteiger partial charge in [-0.3, -0.25) is 0 Å². The van der Waals surface area contributed by atoms with Gasteiger partial charge in [0, 0.05) is 5.92 Å². The Morgan fingerprint density at radius 1 is 1.45 bits per heavy atom. The third-order valence-electron chi connectivity index (χ3n) is 1.41. The van der Waals surface area contributed by atoms with E-state index in [1.165, 1.54) is 0 Å². The summed E-state index contributed by atoms with van der Waals surface area (Å²) in [6, 6.07) is 0. The van der Waals surface area contributed by atoms with Crippen LogP contribution in [0.25, 0.3) is 0 Å². The molecule has 0 aromatic carbocycles. The number of hydrogen-bond donors (Lipinski definition) is 0. The molecule has 1 heteroatoms. The van der Waals surface area contributed by atoms with Crippen molar-refractivity contribution in [3.63, 3.8) is 0 Å². The smallest absolute Gasteiger partial charge is 0.106 e. The Morgan fingerprint density at radius 2 is 2.09 bits per heavy atom. The van der Waals surface area contributed by atoms with Gasteiger partial charge in [0.25, 0.3) is 0 Å². The van der Waals surface area contributed by atoms with E-state index >= 15 is 0 Å². The van der Waals surface area contributed by atoms with Crippen LogP contribution in [0.5, 0.6) is 0 Å². The molecule has 11 heavy (non-hydrogen) atoms. The first-order valence-corrected chi connectivity index (χ1v) is 4.15. The maximum atomic E-state index is 5.32. The Bertz CT molecular complexity index is 134. The van der Waals surface area contributed by atoms with E-state index in [0.717, 1.165) is 12.2 Å². The molecule has 64 valence electrons. The van der Waals surface area contributed by atoms with Crippen LogP contribution in [0.1, 0.15) is 27.2 Å². The lowest BCUT2D eigenvalue weighted by molar-refractivity contribution is 0.217. The summed E-state index contributed by atoms with van der Waals surface area (Å²) in [4.78, 5) is 0. The summed E-state index contributed by atoms with van der Waals surface area (Å²) in [5.41, 5.74) is 0. The van der Waals surface area contributed by atoms with Gasteiger partial charge in [-0.1, -0.05) is 39.5 Å². The van der Waals surface area contributed by atoms with Crippen molar-refractivity contribution in [1.82, 2.24) is 0 Å². The standard InChI is InChI=1S/C10H18O/c1-5-6-7-8-11-10(4)9(2)3/h6-7,9H,4-5,8H2,1-3H3/b7-6-. The zero-order valence-corrected chi connectivity index (χ0v) is 7.76. The molecule has 0 unspecified atom stereocenters. The van der Waals surface area contributed by atoms with Crippen molar-refractivity contribution in [1.29, 1.82) is 0 Å². The first kappa shape index (κ1) is 10.3. The van der Waals surface area contributed by atoms with Crippen molar-refractivity contribution in [2.75, 3.05) is 6.61 Å². The van der Waals surface area contributed by atoms with Gasteiger partial charge >= 0.3 is 0 Å². The molecule has 0 aliphatic rings. The van der Waals surface area contributed by atoms with Gasteiger partial charge in [0.1, 0.15) is 6.61 Å². The van der Waals surface area contributed by atoms with Crippen molar-refractivity contribution in [2.45, 2.75) is 27.2 Å². The zero-order chi connectivity index (χ0) is 8.69. The minimum atomic E-state index is 0.421. The lowest BCUT2D eigenvalue weighted by atomic mass is 10.2. The molecule has 1 nitrogen and oxygen atoms in total. The summed E-state index contributed by atoms with van der Waals surface area (Å²) in [6.45, 7) is 10.7. The molecular weight excluding hydrogens is 136 g/mol. The molecule has 0 radical (unpaired) electrons. The Hall–Kier alpha value is -0.720. The fourth-order valence-corrected chi connectivity index (χ4v) is 0.557. The molecule has 0 fully saturated rings. The molecule has 0 aromatic rings. The van der Waals surface area contributed by atoms with E-state index in [9.17, 15) is 0 Å². The summed E-state index contributed by atoms with van der Waals surface area (Å²) in [5.74, 6) is 1.29. The quantitative estimate of drug-likeness (QED) is 0.436. The van der Waals surface area contributed by atoms with E-state index in [1.807, 2.05) is 6.08 Å². The molecule has 0 aromatic heterocycles. The van der Waals surface area contributed by atoms with Gasteiger partial charge < -0.3 is 4.74 Å². The van der Waals surface area contributed by atoms with Gasteiger partial charge in [0.15, 0.2) is 0 Å². The van der Waals surface area contributed by atoms with Crippen molar-refractivity contribution < 1.29 is 4.74 Å². The summed E-state index contributed by atoms with van der Waals surface area (Å²) in [5, 5.41) is 0. The fraction of sp³-hybridized carbons (Fsp3) is 0.600. The summed E-state index contributed by atoms with van der Waals surface area (Å²) in [6.07, 6.45) is 5.18. The molecule has 0 rings (SSSR count). The van der Waals surface area contributed by atoms with E-state index in [4.69, 9.17) is 4.74 Å². The highest BCUT2D eigenvalue weighted by molar-refractivity contribution is 4.89. The van der Waals surface area contributed by atoms with Crippen molar-refractivity contribution >= 4 is 0 Å². The Labute approximate surface area is 69.8 Å². The van der Waals surface area contributed by atoms with E-state index in [2.05, 4.69) is 33.4 Å². The third kappa shape index (κ3) is 5.71. The SMILES string of the molecule is C=C(OC/C=C\CC)C(C)C. The maximum Gasteiger partial charge on any atom is 0.106 e. The van der Waals surface area contributed by atoms with Gasteiger partial charge in [0.2, 0.25) is 0 Å². The Kier molecular flexibility index (Phi) is 5.63.